The van der Waals surface area contributed by atoms with Gasteiger partial charge < -0.3 is 14.3 Å². The summed E-state index contributed by atoms with van der Waals surface area (Å²) in [5.74, 6) is -1.00. The van der Waals surface area contributed by atoms with Gasteiger partial charge in [0.05, 0.1) is 12.9 Å². The first kappa shape index (κ1) is 11.8. The maximum Gasteiger partial charge on any atom is 0.372 e. The first-order chi connectivity index (χ1) is 7.25. The molecule has 0 aromatic carbocycles. The lowest BCUT2D eigenvalue weighted by Crippen LogP contribution is -2.04. The molecule has 4 heteroatoms. The Balaban J connectivity index is 2.31. The second-order valence-corrected chi connectivity index (χ2v) is 3.30. The van der Waals surface area contributed by atoms with Crippen molar-refractivity contribution in [3.8, 4) is 0 Å². The quantitative estimate of drug-likeness (QED) is 0.705. The lowest BCUT2D eigenvalue weighted by molar-refractivity contribution is 0.0659. The van der Waals surface area contributed by atoms with Gasteiger partial charge in [-0.3, -0.25) is 0 Å². The molecule has 4 nitrogen and oxygen atoms in total. The molecule has 1 heterocycles. The van der Waals surface area contributed by atoms with Crippen LogP contribution in [-0.2, 0) is 11.2 Å². The maximum absolute atomic E-state index is 10.7. The minimum Gasteiger partial charge on any atom is -0.475 e. The van der Waals surface area contributed by atoms with E-state index in [2.05, 4.69) is 6.92 Å². The fourth-order valence-electron chi connectivity index (χ4n) is 1.25. The highest BCUT2D eigenvalue weighted by Gasteiger charge is 2.12. The molecule has 0 aliphatic heterocycles. The van der Waals surface area contributed by atoms with Crippen LogP contribution in [0.1, 0.15) is 35.9 Å². The molecule has 0 saturated heterocycles. The monoisotopic (exact) mass is 212 g/mol. The van der Waals surface area contributed by atoms with Crippen molar-refractivity contribution in [2.24, 2.45) is 0 Å². The zero-order valence-electron chi connectivity index (χ0n) is 8.86. The first-order valence-corrected chi connectivity index (χ1v) is 5.13. The van der Waals surface area contributed by atoms with Gasteiger partial charge in [-0.1, -0.05) is 13.3 Å². The Hall–Kier alpha value is -1.29. The van der Waals surface area contributed by atoms with Gasteiger partial charge in [0.25, 0.3) is 0 Å². The Labute approximate surface area is 88.8 Å². The zero-order valence-corrected chi connectivity index (χ0v) is 8.86. The molecule has 0 saturated carbocycles. The Bertz CT molecular complexity index is 303. The van der Waals surface area contributed by atoms with E-state index in [1.807, 2.05) is 0 Å². The van der Waals surface area contributed by atoms with Crippen molar-refractivity contribution in [3.05, 3.63) is 23.7 Å². The summed E-state index contributed by atoms with van der Waals surface area (Å²) in [6.45, 7) is 3.37. The molecule has 15 heavy (non-hydrogen) atoms. The van der Waals surface area contributed by atoms with E-state index < -0.39 is 5.97 Å². The van der Waals surface area contributed by atoms with E-state index in [1.165, 1.54) is 6.26 Å². The number of rotatable bonds is 7. The van der Waals surface area contributed by atoms with E-state index in [-0.39, 0.29) is 5.76 Å². The average molecular weight is 212 g/mol. The van der Waals surface area contributed by atoms with Crippen molar-refractivity contribution >= 4 is 5.97 Å². The van der Waals surface area contributed by atoms with Gasteiger partial charge in [0.15, 0.2) is 0 Å². The van der Waals surface area contributed by atoms with Crippen molar-refractivity contribution in [2.45, 2.75) is 26.2 Å². The van der Waals surface area contributed by atoms with Crippen LogP contribution < -0.4 is 0 Å². The van der Waals surface area contributed by atoms with Gasteiger partial charge >= 0.3 is 5.97 Å². The lowest BCUT2D eigenvalue weighted by atomic mass is 10.2. The third-order valence-corrected chi connectivity index (χ3v) is 2.10. The number of aromatic carboxylic acids is 1. The number of carboxylic acid groups (broad SMARTS) is 1. The fourth-order valence-corrected chi connectivity index (χ4v) is 1.25. The largest absolute Gasteiger partial charge is 0.475 e. The van der Waals surface area contributed by atoms with E-state index in [9.17, 15) is 4.79 Å². The van der Waals surface area contributed by atoms with Gasteiger partial charge in [0.2, 0.25) is 5.76 Å². The summed E-state index contributed by atoms with van der Waals surface area (Å²) in [4.78, 5) is 10.7. The van der Waals surface area contributed by atoms with Gasteiger partial charge in [-0.25, -0.2) is 4.79 Å². The van der Waals surface area contributed by atoms with Crippen LogP contribution in [0.25, 0.3) is 0 Å². The second kappa shape index (κ2) is 6.24. The minimum absolute atomic E-state index is 0.0223. The Kier molecular flexibility index (Phi) is 4.90. The molecule has 84 valence electrons. The van der Waals surface area contributed by atoms with E-state index in [0.29, 0.717) is 18.6 Å². The summed E-state index contributed by atoms with van der Waals surface area (Å²) in [6, 6.07) is 1.67. The van der Waals surface area contributed by atoms with Crippen LogP contribution >= 0.6 is 0 Å². The van der Waals surface area contributed by atoms with Crippen LogP contribution in [0.4, 0.5) is 0 Å². The highest BCUT2D eigenvalue weighted by Crippen LogP contribution is 2.11. The normalized spacial score (nSPS) is 10.5. The summed E-state index contributed by atoms with van der Waals surface area (Å²) < 4.78 is 10.2. The van der Waals surface area contributed by atoms with Crippen molar-refractivity contribution in [3.63, 3.8) is 0 Å². The third kappa shape index (κ3) is 3.75. The summed E-state index contributed by atoms with van der Waals surface area (Å²) in [5.41, 5.74) is 0.694. The zero-order chi connectivity index (χ0) is 11.1. The molecule has 1 aromatic rings. The Morgan fingerprint density at radius 1 is 1.53 bits per heavy atom. The van der Waals surface area contributed by atoms with E-state index in [0.717, 1.165) is 19.4 Å². The Morgan fingerprint density at radius 2 is 2.33 bits per heavy atom. The molecule has 0 atom stereocenters. The molecule has 1 N–H and O–H groups in total. The second-order valence-electron chi connectivity index (χ2n) is 3.30. The fraction of sp³-hybridized carbons (Fsp3) is 0.545. The molecule has 0 fully saturated rings. The van der Waals surface area contributed by atoms with Gasteiger partial charge in [0.1, 0.15) is 0 Å². The standard InChI is InChI=1S/C11H16O4/c1-2-3-6-14-7-4-9-5-8-15-10(9)11(12)13/h5,8H,2-4,6-7H2,1H3,(H,12,13). The van der Waals surface area contributed by atoms with Crippen molar-refractivity contribution in [1.82, 2.24) is 0 Å². The van der Waals surface area contributed by atoms with Crippen LogP contribution in [0.2, 0.25) is 0 Å². The molecular formula is C11H16O4. The molecule has 0 unspecified atom stereocenters. The summed E-state index contributed by atoms with van der Waals surface area (Å²) in [5, 5.41) is 8.76. The molecular weight excluding hydrogens is 196 g/mol. The molecule has 1 rings (SSSR count). The molecule has 0 bridgehead atoms. The molecule has 1 aromatic heterocycles. The van der Waals surface area contributed by atoms with E-state index in [1.54, 1.807) is 6.07 Å². The Morgan fingerprint density at radius 3 is 3.00 bits per heavy atom. The summed E-state index contributed by atoms with van der Waals surface area (Å²) in [7, 11) is 0. The summed E-state index contributed by atoms with van der Waals surface area (Å²) in [6.07, 6.45) is 4.12. The highest BCUT2D eigenvalue weighted by atomic mass is 16.5. The van der Waals surface area contributed by atoms with Gasteiger partial charge in [0, 0.05) is 12.2 Å². The lowest BCUT2D eigenvalue weighted by Gasteiger charge is -2.02. The SMILES string of the molecule is CCCCOCCc1ccoc1C(=O)O. The molecule has 0 aliphatic carbocycles. The van der Waals surface area contributed by atoms with Crippen molar-refractivity contribution in [1.29, 1.82) is 0 Å². The topological polar surface area (TPSA) is 59.7 Å². The number of carboxylic acids is 1. The predicted octanol–water partition coefficient (Wildman–Crippen LogP) is 2.34. The van der Waals surface area contributed by atoms with Gasteiger partial charge in [-0.15, -0.1) is 0 Å². The highest BCUT2D eigenvalue weighted by molar-refractivity contribution is 5.86. The number of unbranched alkanes of at least 4 members (excludes halogenated alkanes) is 1. The molecule has 0 spiro atoms. The number of hydrogen-bond acceptors (Lipinski definition) is 3. The van der Waals surface area contributed by atoms with Gasteiger partial charge in [-0.05, 0) is 18.9 Å². The predicted molar refractivity (Wildman–Crippen MR) is 55.1 cm³/mol. The molecule has 0 radical (unpaired) electrons. The minimum atomic E-state index is -1.02. The average Bonchev–Trinajstić information content (AvgIpc) is 2.66. The van der Waals surface area contributed by atoms with Crippen molar-refractivity contribution < 1.29 is 19.1 Å². The van der Waals surface area contributed by atoms with Crippen LogP contribution in [0.5, 0.6) is 0 Å². The number of hydrogen-bond donors (Lipinski definition) is 1. The van der Waals surface area contributed by atoms with E-state index >= 15 is 0 Å². The maximum atomic E-state index is 10.7. The van der Waals surface area contributed by atoms with E-state index in [4.69, 9.17) is 14.3 Å². The van der Waals surface area contributed by atoms with Crippen molar-refractivity contribution in [2.75, 3.05) is 13.2 Å². The number of carbonyl (C=O) groups is 1. The third-order valence-electron chi connectivity index (χ3n) is 2.10. The number of furan rings is 1. The van der Waals surface area contributed by atoms with Crippen LogP contribution in [0.3, 0.4) is 0 Å². The van der Waals surface area contributed by atoms with Crippen LogP contribution in [0, 0.1) is 0 Å². The summed E-state index contributed by atoms with van der Waals surface area (Å²) >= 11 is 0. The number of ether oxygens (including phenoxy) is 1. The molecule has 0 aliphatic rings. The van der Waals surface area contributed by atoms with Crippen LogP contribution in [0.15, 0.2) is 16.7 Å². The first-order valence-electron chi connectivity index (χ1n) is 5.13. The smallest absolute Gasteiger partial charge is 0.372 e. The van der Waals surface area contributed by atoms with Gasteiger partial charge in [-0.2, -0.15) is 0 Å². The van der Waals surface area contributed by atoms with Crippen LogP contribution in [-0.4, -0.2) is 24.3 Å². The molecule has 0 amide bonds.